The molecule has 0 bridgehead atoms. The minimum absolute atomic E-state index is 0.0667. The number of likely N-dealkylation sites (tertiary alicyclic amines) is 1. The standard InChI is InChI=1S/C19H24N4O3S/c1-12(2)26-14-7-6-13(10-15(14)25-3)16(22-8-4-5-9-22)17-18(24)23-19(27-17)20-11-21-23/h6-7,10-12,16,24H,4-5,8-9H2,1-3H3. The molecule has 2 aromatic heterocycles. The van der Waals surface area contributed by atoms with E-state index in [1.165, 1.54) is 22.2 Å². The molecule has 144 valence electrons. The molecule has 1 unspecified atom stereocenters. The first-order valence-electron chi connectivity index (χ1n) is 9.18. The zero-order chi connectivity index (χ0) is 19.0. The molecule has 4 rings (SSSR count). The Morgan fingerprint density at radius 2 is 1.96 bits per heavy atom. The van der Waals surface area contributed by atoms with Crippen LogP contribution in [0.15, 0.2) is 24.5 Å². The molecule has 1 N–H and O–H groups in total. The van der Waals surface area contributed by atoms with Gasteiger partial charge in [-0.1, -0.05) is 17.4 Å². The van der Waals surface area contributed by atoms with E-state index in [-0.39, 0.29) is 18.0 Å². The van der Waals surface area contributed by atoms with E-state index >= 15 is 0 Å². The SMILES string of the molecule is COc1cc(C(c2sc3ncnn3c2O)N2CCCC2)ccc1OC(C)C. The fourth-order valence-corrected chi connectivity index (χ4v) is 4.70. The quantitative estimate of drug-likeness (QED) is 0.697. The minimum atomic E-state index is -0.0667. The molecule has 27 heavy (non-hydrogen) atoms. The highest BCUT2D eigenvalue weighted by atomic mass is 32.1. The lowest BCUT2D eigenvalue weighted by atomic mass is 10.0. The number of rotatable bonds is 6. The van der Waals surface area contributed by atoms with Crippen LogP contribution in [-0.4, -0.2) is 50.9 Å². The van der Waals surface area contributed by atoms with Crippen LogP contribution in [0.1, 0.15) is 43.2 Å². The van der Waals surface area contributed by atoms with Crippen molar-refractivity contribution in [2.75, 3.05) is 20.2 Å². The van der Waals surface area contributed by atoms with Gasteiger partial charge in [-0.25, -0.2) is 4.98 Å². The molecule has 0 amide bonds. The number of aromatic nitrogens is 3. The smallest absolute Gasteiger partial charge is 0.230 e. The Balaban J connectivity index is 1.79. The zero-order valence-corrected chi connectivity index (χ0v) is 16.6. The number of hydrogen-bond acceptors (Lipinski definition) is 7. The Labute approximate surface area is 162 Å². The van der Waals surface area contributed by atoms with Gasteiger partial charge in [-0.15, -0.1) is 0 Å². The molecule has 7 nitrogen and oxygen atoms in total. The van der Waals surface area contributed by atoms with E-state index in [1.54, 1.807) is 7.11 Å². The predicted octanol–water partition coefficient (Wildman–Crippen LogP) is 3.48. The molecule has 1 atom stereocenters. The summed E-state index contributed by atoms with van der Waals surface area (Å²) in [6, 6.07) is 5.95. The molecular formula is C19H24N4O3S. The molecular weight excluding hydrogens is 364 g/mol. The van der Waals surface area contributed by atoms with E-state index in [1.807, 2.05) is 26.0 Å². The van der Waals surface area contributed by atoms with Crippen molar-refractivity contribution in [3.63, 3.8) is 0 Å². The van der Waals surface area contributed by atoms with E-state index in [4.69, 9.17) is 9.47 Å². The highest BCUT2D eigenvalue weighted by Gasteiger charge is 2.31. The first-order valence-corrected chi connectivity index (χ1v) is 10.00. The van der Waals surface area contributed by atoms with E-state index in [0.29, 0.717) is 10.7 Å². The van der Waals surface area contributed by atoms with E-state index in [0.717, 1.165) is 42.1 Å². The van der Waals surface area contributed by atoms with Gasteiger partial charge in [-0.3, -0.25) is 4.90 Å². The van der Waals surface area contributed by atoms with Crippen LogP contribution in [0.2, 0.25) is 0 Å². The molecule has 1 aliphatic rings. The predicted molar refractivity (Wildman–Crippen MR) is 104 cm³/mol. The molecule has 0 aliphatic carbocycles. The van der Waals surface area contributed by atoms with Crippen molar-refractivity contribution in [2.24, 2.45) is 0 Å². The number of methoxy groups -OCH3 is 1. The Morgan fingerprint density at radius 3 is 2.63 bits per heavy atom. The summed E-state index contributed by atoms with van der Waals surface area (Å²) in [5.41, 5.74) is 1.06. The minimum Gasteiger partial charge on any atom is -0.493 e. The van der Waals surface area contributed by atoms with Crippen LogP contribution < -0.4 is 9.47 Å². The molecule has 1 aromatic carbocycles. The maximum atomic E-state index is 10.8. The van der Waals surface area contributed by atoms with Gasteiger partial charge < -0.3 is 14.6 Å². The third kappa shape index (κ3) is 3.35. The molecule has 3 heterocycles. The molecule has 1 aliphatic heterocycles. The largest absolute Gasteiger partial charge is 0.493 e. The third-order valence-electron chi connectivity index (χ3n) is 4.76. The molecule has 8 heteroatoms. The monoisotopic (exact) mass is 388 g/mol. The average molecular weight is 388 g/mol. The number of fused-ring (bicyclic) bond motifs is 1. The van der Waals surface area contributed by atoms with Crippen LogP contribution in [0.4, 0.5) is 0 Å². The van der Waals surface area contributed by atoms with Crippen molar-refractivity contribution < 1.29 is 14.6 Å². The number of aromatic hydroxyl groups is 1. The summed E-state index contributed by atoms with van der Waals surface area (Å²) in [5, 5.41) is 14.9. The fraction of sp³-hybridized carbons (Fsp3) is 0.474. The lowest BCUT2D eigenvalue weighted by molar-refractivity contribution is 0.229. The van der Waals surface area contributed by atoms with Gasteiger partial charge in [-0.2, -0.15) is 9.61 Å². The molecule has 0 radical (unpaired) electrons. The van der Waals surface area contributed by atoms with E-state index < -0.39 is 0 Å². The topological polar surface area (TPSA) is 72.1 Å². The van der Waals surface area contributed by atoms with Crippen molar-refractivity contribution in [2.45, 2.75) is 38.8 Å². The first-order chi connectivity index (χ1) is 13.1. The summed E-state index contributed by atoms with van der Waals surface area (Å²) in [6.45, 7) is 5.97. The van der Waals surface area contributed by atoms with Gasteiger partial charge in [0.2, 0.25) is 10.8 Å². The Morgan fingerprint density at radius 1 is 1.19 bits per heavy atom. The number of thiazole rings is 1. The van der Waals surface area contributed by atoms with Gasteiger partial charge in [0.15, 0.2) is 11.5 Å². The number of hydrogen-bond donors (Lipinski definition) is 1. The molecule has 3 aromatic rings. The second-order valence-corrected chi connectivity index (χ2v) is 7.98. The second kappa shape index (κ2) is 7.36. The van der Waals surface area contributed by atoms with Gasteiger partial charge >= 0.3 is 0 Å². The second-order valence-electron chi connectivity index (χ2n) is 6.97. The normalized spacial score (nSPS) is 16.3. The Bertz CT molecular complexity index is 930. The van der Waals surface area contributed by atoms with Gasteiger partial charge in [0.25, 0.3) is 0 Å². The summed E-state index contributed by atoms with van der Waals surface area (Å²) < 4.78 is 12.9. The van der Waals surface area contributed by atoms with Crippen molar-refractivity contribution in [1.29, 1.82) is 0 Å². The van der Waals surface area contributed by atoms with Crippen molar-refractivity contribution in [3.05, 3.63) is 35.0 Å². The number of ether oxygens (including phenoxy) is 2. The van der Waals surface area contributed by atoms with Crippen LogP contribution >= 0.6 is 11.3 Å². The fourth-order valence-electron chi connectivity index (χ4n) is 3.61. The van der Waals surface area contributed by atoms with Crippen LogP contribution in [0, 0.1) is 0 Å². The maximum absolute atomic E-state index is 10.8. The lowest BCUT2D eigenvalue weighted by Gasteiger charge is -2.27. The summed E-state index contributed by atoms with van der Waals surface area (Å²) in [6.07, 6.45) is 3.84. The van der Waals surface area contributed by atoms with Gasteiger partial charge in [0.05, 0.1) is 24.1 Å². The highest BCUT2D eigenvalue weighted by molar-refractivity contribution is 7.17. The molecule has 1 saturated heterocycles. The number of nitrogens with zero attached hydrogens (tertiary/aromatic N) is 4. The highest BCUT2D eigenvalue weighted by Crippen LogP contribution is 2.43. The summed E-state index contributed by atoms with van der Waals surface area (Å²) in [4.78, 5) is 8.17. The van der Waals surface area contributed by atoms with E-state index in [2.05, 4.69) is 21.0 Å². The summed E-state index contributed by atoms with van der Waals surface area (Å²) in [7, 11) is 1.65. The van der Waals surface area contributed by atoms with Crippen LogP contribution in [0.5, 0.6) is 17.4 Å². The maximum Gasteiger partial charge on any atom is 0.230 e. The van der Waals surface area contributed by atoms with Crippen LogP contribution in [-0.2, 0) is 0 Å². The average Bonchev–Trinajstić information content (AvgIpc) is 3.37. The summed E-state index contributed by atoms with van der Waals surface area (Å²) >= 11 is 1.47. The van der Waals surface area contributed by atoms with E-state index in [9.17, 15) is 5.11 Å². The Hall–Kier alpha value is -2.32. The lowest BCUT2D eigenvalue weighted by Crippen LogP contribution is -2.26. The van der Waals surface area contributed by atoms with Gasteiger partial charge in [0.1, 0.15) is 6.33 Å². The van der Waals surface area contributed by atoms with Crippen molar-refractivity contribution in [1.82, 2.24) is 19.5 Å². The molecule has 0 spiro atoms. The van der Waals surface area contributed by atoms with Crippen LogP contribution in [0.25, 0.3) is 4.96 Å². The zero-order valence-electron chi connectivity index (χ0n) is 15.8. The van der Waals surface area contributed by atoms with Crippen molar-refractivity contribution >= 4 is 16.3 Å². The van der Waals surface area contributed by atoms with Gasteiger partial charge in [-0.05, 0) is 57.5 Å². The third-order valence-corrected chi connectivity index (χ3v) is 5.85. The van der Waals surface area contributed by atoms with Gasteiger partial charge in [0, 0.05) is 0 Å². The first kappa shape index (κ1) is 18.1. The van der Waals surface area contributed by atoms with Crippen molar-refractivity contribution in [3.8, 4) is 17.4 Å². The molecule has 1 fully saturated rings. The Kier molecular flexibility index (Phi) is 4.92. The summed E-state index contributed by atoms with van der Waals surface area (Å²) in [5.74, 6) is 1.58. The number of benzene rings is 1. The molecule has 0 saturated carbocycles. The van der Waals surface area contributed by atoms with Crippen LogP contribution in [0.3, 0.4) is 0 Å².